The van der Waals surface area contributed by atoms with Crippen LogP contribution in [0.3, 0.4) is 0 Å². The lowest BCUT2D eigenvalue weighted by Crippen LogP contribution is -2.49. The number of anilines is 1. The first kappa shape index (κ1) is 15.2. The van der Waals surface area contributed by atoms with Crippen LogP contribution in [-0.2, 0) is 4.79 Å². The Bertz CT molecular complexity index is 489. The van der Waals surface area contributed by atoms with Crippen LogP contribution in [0.2, 0.25) is 0 Å². The van der Waals surface area contributed by atoms with Crippen LogP contribution in [0.1, 0.15) is 25.7 Å². The molecule has 0 bridgehead atoms. The van der Waals surface area contributed by atoms with Crippen molar-refractivity contribution >= 4 is 11.7 Å². The molecule has 2 saturated heterocycles. The summed E-state index contributed by atoms with van der Waals surface area (Å²) in [6.45, 7) is 4.33. The van der Waals surface area contributed by atoms with E-state index in [1.54, 1.807) is 6.20 Å². The van der Waals surface area contributed by atoms with E-state index in [4.69, 9.17) is 0 Å². The predicted octanol–water partition coefficient (Wildman–Crippen LogP) is 1.000. The van der Waals surface area contributed by atoms with Gasteiger partial charge in [-0.15, -0.1) is 5.10 Å². The van der Waals surface area contributed by atoms with Gasteiger partial charge in [-0.1, -0.05) is 0 Å². The summed E-state index contributed by atoms with van der Waals surface area (Å²) >= 11 is 0. The Morgan fingerprint density at radius 1 is 1.32 bits per heavy atom. The molecule has 0 radical (unpaired) electrons. The molecule has 0 unspecified atom stereocenters. The summed E-state index contributed by atoms with van der Waals surface area (Å²) in [5.74, 6) is 1.21. The third-order valence-corrected chi connectivity index (χ3v) is 4.75. The van der Waals surface area contributed by atoms with Crippen molar-refractivity contribution in [2.75, 3.05) is 44.7 Å². The van der Waals surface area contributed by atoms with Crippen molar-refractivity contribution in [1.29, 1.82) is 0 Å². The highest BCUT2D eigenvalue weighted by Crippen LogP contribution is 2.20. The van der Waals surface area contributed by atoms with Gasteiger partial charge in [0.25, 0.3) is 0 Å². The molecule has 0 aliphatic carbocycles. The van der Waals surface area contributed by atoms with E-state index in [0.29, 0.717) is 12.6 Å². The SMILES string of the molecule is CN(CC(=O)N1CCCC1)[C@@H]1CCCN(c2cccnn2)C1. The fraction of sp³-hybridized carbons (Fsp3) is 0.688. The Morgan fingerprint density at radius 2 is 2.14 bits per heavy atom. The van der Waals surface area contributed by atoms with Gasteiger partial charge in [0.1, 0.15) is 0 Å². The standard InChI is InChI=1S/C16H25N5O/c1-19(13-16(22)20-9-2-3-10-20)14-6-5-11-21(12-14)15-7-4-8-17-18-15/h4,7-8,14H,2-3,5-6,9-13H2,1H3/t14-/m1/s1. The van der Waals surface area contributed by atoms with Gasteiger partial charge in [-0.25, -0.2) is 0 Å². The van der Waals surface area contributed by atoms with Crippen molar-refractivity contribution in [2.45, 2.75) is 31.7 Å². The fourth-order valence-electron chi connectivity index (χ4n) is 3.39. The minimum absolute atomic E-state index is 0.275. The Hall–Kier alpha value is -1.69. The van der Waals surface area contributed by atoms with Crippen LogP contribution in [0.25, 0.3) is 0 Å². The third-order valence-electron chi connectivity index (χ3n) is 4.75. The van der Waals surface area contributed by atoms with Gasteiger partial charge in [-0.05, 0) is 44.9 Å². The van der Waals surface area contributed by atoms with Crippen LogP contribution < -0.4 is 4.90 Å². The second-order valence-electron chi connectivity index (χ2n) is 6.33. The van der Waals surface area contributed by atoms with E-state index in [1.165, 1.54) is 0 Å². The van der Waals surface area contributed by atoms with Crippen LogP contribution in [0.5, 0.6) is 0 Å². The van der Waals surface area contributed by atoms with E-state index in [-0.39, 0.29) is 5.91 Å². The van der Waals surface area contributed by atoms with Gasteiger partial charge < -0.3 is 9.80 Å². The zero-order valence-electron chi connectivity index (χ0n) is 13.3. The monoisotopic (exact) mass is 303 g/mol. The molecule has 6 heteroatoms. The summed E-state index contributed by atoms with van der Waals surface area (Å²) in [4.78, 5) is 18.8. The van der Waals surface area contributed by atoms with Crippen LogP contribution in [0.15, 0.2) is 18.3 Å². The Morgan fingerprint density at radius 3 is 2.86 bits per heavy atom. The Kier molecular flexibility index (Phi) is 4.87. The molecule has 6 nitrogen and oxygen atoms in total. The molecule has 1 atom stereocenters. The predicted molar refractivity (Wildman–Crippen MR) is 85.7 cm³/mol. The van der Waals surface area contributed by atoms with Crippen molar-refractivity contribution in [3.05, 3.63) is 18.3 Å². The van der Waals surface area contributed by atoms with Gasteiger partial charge in [-0.3, -0.25) is 9.69 Å². The van der Waals surface area contributed by atoms with Gasteiger partial charge in [0.15, 0.2) is 5.82 Å². The molecule has 1 aromatic rings. The number of aromatic nitrogens is 2. The lowest BCUT2D eigenvalue weighted by molar-refractivity contribution is -0.131. The smallest absolute Gasteiger partial charge is 0.236 e. The molecule has 3 heterocycles. The molecule has 2 aliphatic rings. The van der Waals surface area contributed by atoms with Gasteiger partial charge in [0.2, 0.25) is 5.91 Å². The number of hydrogen-bond donors (Lipinski definition) is 0. The minimum atomic E-state index is 0.275. The molecule has 1 amide bonds. The number of rotatable bonds is 4. The number of hydrogen-bond acceptors (Lipinski definition) is 5. The number of likely N-dealkylation sites (tertiary alicyclic amines) is 1. The number of likely N-dealkylation sites (N-methyl/N-ethyl adjacent to an activating group) is 1. The Labute approximate surface area is 132 Å². The van der Waals surface area contributed by atoms with Gasteiger partial charge >= 0.3 is 0 Å². The van der Waals surface area contributed by atoms with Crippen molar-refractivity contribution in [3.63, 3.8) is 0 Å². The number of amides is 1. The Balaban J connectivity index is 1.55. The van der Waals surface area contributed by atoms with Crippen molar-refractivity contribution in [2.24, 2.45) is 0 Å². The van der Waals surface area contributed by atoms with Gasteiger partial charge in [-0.2, -0.15) is 5.10 Å². The zero-order chi connectivity index (χ0) is 15.4. The number of carbonyl (C=O) groups is 1. The molecule has 2 fully saturated rings. The van der Waals surface area contributed by atoms with E-state index in [1.807, 2.05) is 17.0 Å². The number of nitrogens with zero attached hydrogens (tertiary/aromatic N) is 5. The lowest BCUT2D eigenvalue weighted by atomic mass is 10.0. The molecule has 0 spiro atoms. The molecule has 0 N–H and O–H groups in total. The molecule has 120 valence electrons. The van der Waals surface area contributed by atoms with E-state index < -0.39 is 0 Å². The summed E-state index contributed by atoms with van der Waals surface area (Å²) in [6.07, 6.45) is 6.27. The summed E-state index contributed by atoms with van der Waals surface area (Å²) in [7, 11) is 2.07. The highest BCUT2D eigenvalue weighted by molar-refractivity contribution is 5.78. The molecule has 2 aliphatic heterocycles. The van der Waals surface area contributed by atoms with Crippen molar-refractivity contribution < 1.29 is 4.79 Å². The van der Waals surface area contributed by atoms with Crippen molar-refractivity contribution in [3.8, 4) is 0 Å². The van der Waals surface area contributed by atoms with Crippen LogP contribution >= 0.6 is 0 Å². The number of piperidine rings is 1. The zero-order valence-corrected chi connectivity index (χ0v) is 13.3. The largest absolute Gasteiger partial charge is 0.354 e. The van der Waals surface area contributed by atoms with Gasteiger partial charge in [0, 0.05) is 38.4 Å². The molecular weight excluding hydrogens is 278 g/mol. The quantitative estimate of drug-likeness (QED) is 0.830. The first-order valence-corrected chi connectivity index (χ1v) is 8.25. The molecular formula is C16H25N5O. The average molecular weight is 303 g/mol. The van der Waals surface area contributed by atoms with Crippen molar-refractivity contribution in [1.82, 2.24) is 20.0 Å². The van der Waals surface area contributed by atoms with E-state index in [0.717, 1.165) is 57.7 Å². The van der Waals surface area contributed by atoms with Crippen LogP contribution in [-0.4, -0.2) is 71.7 Å². The minimum Gasteiger partial charge on any atom is -0.354 e. The molecule has 0 saturated carbocycles. The maximum Gasteiger partial charge on any atom is 0.236 e. The maximum atomic E-state index is 12.3. The number of carbonyl (C=O) groups excluding carboxylic acids is 1. The topological polar surface area (TPSA) is 52.6 Å². The molecule has 0 aromatic carbocycles. The van der Waals surface area contributed by atoms with Gasteiger partial charge in [0.05, 0.1) is 6.54 Å². The highest BCUT2D eigenvalue weighted by atomic mass is 16.2. The maximum absolute atomic E-state index is 12.3. The summed E-state index contributed by atoms with van der Waals surface area (Å²) in [6, 6.07) is 4.33. The molecule has 22 heavy (non-hydrogen) atoms. The lowest BCUT2D eigenvalue weighted by Gasteiger charge is -2.38. The normalized spacial score (nSPS) is 22.4. The third kappa shape index (κ3) is 3.55. The van der Waals surface area contributed by atoms with Crippen LogP contribution in [0.4, 0.5) is 5.82 Å². The van der Waals surface area contributed by atoms with E-state index in [2.05, 4.69) is 27.0 Å². The summed E-state index contributed by atoms with van der Waals surface area (Å²) < 4.78 is 0. The van der Waals surface area contributed by atoms with Crippen LogP contribution in [0, 0.1) is 0 Å². The summed E-state index contributed by atoms with van der Waals surface area (Å²) in [5.41, 5.74) is 0. The van der Waals surface area contributed by atoms with E-state index in [9.17, 15) is 4.79 Å². The second kappa shape index (κ2) is 7.05. The molecule has 3 rings (SSSR count). The fourth-order valence-corrected chi connectivity index (χ4v) is 3.39. The average Bonchev–Trinajstić information content (AvgIpc) is 3.10. The molecule has 1 aromatic heterocycles. The highest BCUT2D eigenvalue weighted by Gasteiger charge is 2.27. The second-order valence-corrected chi connectivity index (χ2v) is 6.33. The first-order chi connectivity index (χ1) is 10.7. The summed E-state index contributed by atoms with van der Waals surface area (Å²) in [5, 5.41) is 8.17. The van der Waals surface area contributed by atoms with E-state index >= 15 is 0 Å². The first-order valence-electron chi connectivity index (χ1n) is 8.25.